The summed E-state index contributed by atoms with van der Waals surface area (Å²) in [6.07, 6.45) is 2.80. The van der Waals surface area contributed by atoms with Crippen LogP contribution >= 0.6 is 0 Å². The number of likely N-dealkylation sites (tertiary alicyclic amines) is 2. The number of nitrogens with one attached hydrogen (secondary N) is 1. The van der Waals surface area contributed by atoms with Crippen molar-refractivity contribution in [2.75, 3.05) is 59.2 Å². The second-order valence-corrected chi connectivity index (χ2v) is 12.6. The van der Waals surface area contributed by atoms with Gasteiger partial charge in [-0.3, -0.25) is 4.79 Å². The molecular weight excluding hydrogens is 558 g/mol. The molecule has 0 saturated carbocycles. The Morgan fingerprint density at radius 3 is 2.23 bits per heavy atom. The normalized spacial score (nSPS) is 18.9. The van der Waals surface area contributed by atoms with Gasteiger partial charge in [0.25, 0.3) is 5.91 Å². The molecule has 2 saturated heterocycles. The average Bonchev–Trinajstić information content (AvgIpc) is 3.18. The number of urea groups is 1. The van der Waals surface area contributed by atoms with Gasteiger partial charge in [0.2, 0.25) is 0 Å². The molecule has 5 rings (SSSR count). The largest absolute Gasteiger partial charge is 0.496 e. The van der Waals surface area contributed by atoms with Gasteiger partial charge in [-0.1, -0.05) is 30.3 Å². The molecule has 10 nitrogen and oxygen atoms in total. The minimum Gasteiger partial charge on any atom is -0.496 e. The van der Waals surface area contributed by atoms with E-state index in [0.29, 0.717) is 58.0 Å². The fraction of sp³-hybridized carbons (Fsp3) is 0.559. The molecule has 2 fully saturated rings. The van der Waals surface area contributed by atoms with E-state index >= 15 is 0 Å². The van der Waals surface area contributed by atoms with Crippen LogP contribution in [0.1, 0.15) is 47.9 Å². The van der Waals surface area contributed by atoms with Gasteiger partial charge in [0.15, 0.2) is 6.10 Å². The van der Waals surface area contributed by atoms with Crippen molar-refractivity contribution in [2.45, 2.75) is 70.6 Å². The van der Waals surface area contributed by atoms with Gasteiger partial charge in [0, 0.05) is 56.9 Å². The number of hydrogen-bond donors (Lipinski definition) is 1. The maximum absolute atomic E-state index is 13.9. The summed E-state index contributed by atoms with van der Waals surface area (Å²) in [5, 5.41) is 3.05. The smallest absolute Gasteiger partial charge is 0.410 e. The monoisotopic (exact) mass is 605 g/mol. The molecular formula is C34H47N5O5. The molecule has 2 aromatic carbocycles. The van der Waals surface area contributed by atoms with Crippen LogP contribution in [-0.4, -0.2) is 110 Å². The summed E-state index contributed by atoms with van der Waals surface area (Å²) in [4.78, 5) is 48.1. The van der Waals surface area contributed by atoms with E-state index in [9.17, 15) is 14.4 Å². The van der Waals surface area contributed by atoms with E-state index in [1.54, 1.807) is 12.0 Å². The van der Waals surface area contributed by atoms with E-state index in [1.165, 1.54) is 0 Å². The number of hydrogen-bond acceptors (Lipinski definition) is 6. The van der Waals surface area contributed by atoms with Gasteiger partial charge < -0.3 is 34.4 Å². The molecule has 0 aromatic heterocycles. The number of carbonyl (C=O) groups excluding carboxylic acids is 3. The summed E-state index contributed by atoms with van der Waals surface area (Å²) in [6.45, 7) is 6.83. The maximum Gasteiger partial charge on any atom is 0.410 e. The number of aryl methyl sites for hydroxylation is 2. The Morgan fingerprint density at radius 2 is 1.59 bits per heavy atom. The van der Waals surface area contributed by atoms with E-state index in [2.05, 4.69) is 30.4 Å². The minimum absolute atomic E-state index is 0.0361. The van der Waals surface area contributed by atoms with Gasteiger partial charge in [-0.05, 0) is 88.4 Å². The van der Waals surface area contributed by atoms with Crippen LogP contribution in [0.5, 0.6) is 5.75 Å². The number of carbonyl (C=O) groups is 3. The number of benzene rings is 2. The molecule has 3 heterocycles. The lowest BCUT2D eigenvalue weighted by Gasteiger charge is -2.39. The third kappa shape index (κ3) is 7.12. The Morgan fingerprint density at radius 1 is 0.955 bits per heavy atom. The predicted octanol–water partition coefficient (Wildman–Crippen LogP) is 4.47. The molecule has 2 aromatic rings. The standard InChI is InChI=1S/C34H47N5O5/c1-23-20-25(21-24(2)31(23)43-5)22-30(32(40)37-15-11-27(12-16-37)36(3)4)44-34(42)38-17-13-28(14-18-38)39-19-10-26-8-6-7-9-29(26)35-33(39)41/h6-9,20-21,27-28,30H,10-19,22H2,1-5H3,(H,35,41). The van der Waals surface area contributed by atoms with Crippen molar-refractivity contribution in [3.8, 4) is 5.75 Å². The van der Waals surface area contributed by atoms with Crippen molar-refractivity contribution in [3.63, 3.8) is 0 Å². The number of piperidine rings is 2. The van der Waals surface area contributed by atoms with Gasteiger partial charge >= 0.3 is 12.1 Å². The molecule has 10 heteroatoms. The first-order chi connectivity index (χ1) is 21.1. The van der Waals surface area contributed by atoms with Crippen molar-refractivity contribution in [1.29, 1.82) is 0 Å². The van der Waals surface area contributed by atoms with Gasteiger partial charge in [-0.2, -0.15) is 0 Å². The van der Waals surface area contributed by atoms with Crippen molar-refractivity contribution in [3.05, 3.63) is 58.7 Å². The Hall–Kier alpha value is -3.79. The number of fused-ring (bicyclic) bond motifs is 1. The molecule has 3 aliphatic rings. The summed E-state index contributed by atoms with van der Waals surface area (Å²) in [5.41, 5.74) is 4.89. The van der Waals surface area contributed by atoms with Gasteiger partial charge in [-0.25, -0.2) is 9.59 Å². The van der Waals surface area contributed by atoms with E-state index in [4.69, 9.17) is 9.47 Å². The zero-order valence-corrected chi connectivity index (χ0v) is 26.8. The van der Waals surface area contributed by atoms with E-state index < -0.39 is 12.2 Å². The summed E-state index contributed by atoms with van der Waals surface area (Å²) in [5.74, 6) is 0.682. The van der Waals surface area contributed by atoms with Crippen LogP contribution in [0.25, 0.3) is 0 Å². The molecule has 238 valence electrons. The van der Waals surface area contributed by atoms with Crippen LogP contribution in [0.15, 0.2) is 36.4 Å². The van der Waals surface area contributed by atoms with E-state index in [1.807, 2.05) is 54.0 Å². The molecule has 0 radical (unpaired) electrons. The van der Waals surface area contributed by atoms with Gasteiger partial charge in [0.1, 0.15) is 5.75 Å². The summed E-state index contributed by atoms with van der Waals surface area (Å²) in [6, 6.07) is 12.3. The summed E-state index contributed by atoms with van der Waals surface area (Å²) < 4.78 is 11.6. The van der Waals surface area contributed by atoms with E-state index in [0.717, 1.165) is 53.0 Å². The lowest BCUT2D eigenvalue weighted by atomic mass is 9.99. The number of amides is 4. The number of para-hydroxylation sites is 1. The Labute approximate surface area is 261 Å². The fourth-order valence-electron chi connectivity index (χ4n) is 6.97. The highest BCUT2D eigenvalue weighted by Crippen LogP contribution is 2.28. The molecule has 0 spiro atoms. The first kappa shape index (κ1) is 31.6. The molecule has 3 aliphatic heterocycles. The van der Waals surface area contributed by atoms with Crippen LogP contribution in [0.2, 0.25) is 0 Å². The topological polar surface area (TPSA) is 94.7 Å². The number of rotatable bonds is 7. The molecule has 44 heavy (non-hydrogen) atoms. The van der Waals surface area contributed by atoms with Crippen LogP contribution in [0.4, 0.5) is 15.3 Å². The van der Waals surface area contributed by atoms with E-state index in [-0.39, 0.29) is 18.0 Å². The Balaban J connectivity index is 1.24. The van der Waals surface area contributed by atoms with Crippen molar-refractivity contribution in [2.24, 2.45) is 0 Å². The zero-order valence-electron chi connectivity index (χ0n) is 26.8. The number of anilines is 1. The summed E-state index contributed by atoms with van der Waals surface area (Å²) >= 11 is 0. The molecule has 1 N–H and O–H groups in total. The van der Waals surface area contributed by atoms with Crippen molar-refractivity contribution in [1.82, 2.24) is 19.6 Å². The first-order valence-corrected chi connectivity index (χ1v) is 15.8. The fourth-order valence-corrected chi connectivity index (χ4v) is 6.97. The van der Waals surface area contributed by atoms with Crippen LogP contribution in [0, 0.1) is 13.8 Å². The zero-order chi connectivity index (χ0) is 31.4. The Kier molecular flexibility index (Phi) is 9.98. The lowest BCUT2D eigenvalue weighted by molar-refractivity contribution is -0.142. The predicted molar refractivity (Wildman–Crippen MR) is 170 cm³/mol. The second-order valence-electron chi connectivity index (χ2n) is 12.6. The highest BCUT2D eigenvalue weighted by molar-refractivity contribution is 5.91. The highest BCUT2D eigenvalue weighted by Gasteiger charge is 2.35. The third-order valence-corrected chi connectivity index (χ3v) is 9.48. The number of ether oxygens (including phenoxy) is 2. The average molecular weight is 606 g/mol. The number of methoxy groups -OCH3 is 1. The summed E-state index contributed by atoms with van der Waals surface area (Å²) in [7, 11) is 5.80. The quantitative estimate of drug-likeness (QED) is 0.501. The van der Waals surface area contributed by atoms with Crippen molar-refractivity contribution < 1.29 is 23.9 Å². The minimum atomic E-state index is -0.918. The van der Waals surface area contributed by atoms with Crippen LogP contribution < -0.4 is 10.1 Å². The lowest BCUT2D eigenvalue weighted by Crippen LogP contribution is -2.52. The Bertz CT molecular complexity index is 1320. The second kappa shape index (κ2) is 13.9. The van der Waals surface area contributed by atoms with Gasteiger partial charge in [-0.15, -0.1) is 0 Å². The first-order valence-electron chi connectivity index (χ1n) is 15.8. The molecule has 4 amide bonds. The molecule has 1 unspecified atom stereocenters. The molecule has 1 atom stereocenters. The van der Waals surface area contributed by atoms with Crippen molar-refractivity contribution >= 4 is 23.7 Å². The maximum atomic E-state index is 13.9. The third-order valence-electron chi connectivity index (χ3n) is 9.48. The highest BCUT2D eigenvalue weighted by atomic mass is 16.6. The molecule has 0 bridgehead atoms. The SMILES string of the molecule is COc1c(C)cc(CC(OC(=O)N2CCC(N3CCc4ccccc4NC3=O)CC2)C(=O)N2CCC(N(C)C)CC2)cc1C. The van der Waals surface area contributed by atoms with Gasteiger partial charge in [0.05, 0.1) is 7.11 Å². The number of nitrogens with zero attached hydrogens (tertiary/aromatic N) is 4. The molecule has 0 aliphatic carbocycles. The van der Waals surface area contributed by atoms with Crippen LogP contribution in [0.3, 0.4) is 0 Å². The van der Waals surface area contributed by atoms with Crippen LogP contribution in [-0.2, 0) is 22.4 Å².